The Morgan fingerprint density at radius 1 is 1.00 bits per heavy atom. The molecule has 1 aliphatic heterocycles. The summed E-state index contributed by atoms with van der Waals surface area (Å²) < 4.78 is 35.3. The number of aromatic amines is 1. The largest absolute Gasteiger partial charge is 0.453 e. The van der Waals surface area contributed by atoms with Gasteiger partial charge in [-0.2, -0.15) is 14.9 Å². The van der Waals surface area contributed by atoms with Crippen molar-refractivity contribution in [3.05, 3.63) is 100 Å². The SMILES string of the molecule is O=C(Nc1ccc(Oc2ccnc3[nH]nc(C4CCNCC4)c23)c(F)c1)c1ccnn(-c2ccc(F)cc2)c1=O. The molecule has 0 unspecified atom stereocenters. The Hall–Kier alpha value is -4.97. The Balaban J connectivity index is 1.23. The Kier molecular flexibility index (Phi) is 6.74. The lowest BCUT2D eigenvalue weighted by atomic mass is 9.93. The summed E-state index contributed by atoms with van der Waals surface area (Å²) in [5.41, 5.74) is 0.882. The summed E-state index contributed by atoms with van der Waals surface area (Å²) in [7, 11) is 0. The molecule has 3 aromatic heterocycles. The van der Waals surface area contributed by atoms with Crippen LogP contribution in [0.5, 0.6) is 11.5 Å². The van der Waals surface area contributed by atoms with Crippen molar-refractivity contribution in [1.29, 1.82) is 0 Å². The van der Waals surface area contributed by atoms with Crippen molar-refractivity contribution in [3.8, 4) is 17.2 Å². The Morgan fingerprint density at radius 3 is 2.58 bits per heavy atom. The number of rotatable bonds is 6. The van der Waals surface area contributed by atoms with E-state index in [0.29, 0.717) is 22.5 Å². The molecule has 1 amide bonds. The number of benzene rings is 2. The highest BCUT2D eigenvalue weighted by Crippen LogP contribution is 2.37. The van der Waals surface area contributed by atoms with E-state index >= 15 is 4.39 Å². The van der Waals surface area contributed by atoms with Gasteiger partial charge in [0.15, 0.2) is 17.2 Å². The minimum Gasteiger partial charge on any atom is -0.453 e. The molecule has 2 aromatic carbocycles. The minimum absolute atomic E-state index is 0.0504. The Bertz CT molecular complexity index is 1760. The Morgan fingerprint density at radius 2 is 1.80 bits per heavy atom. The van der Waals surface area contributed by atoms with Crippen LogP contribution in [0.4, 0.5) is 14.5 Å². The van der Waals surface area contributed by atoms with Crippen molar-refractivity contribution < 1.29 is 18.3 Å². The molecule has 0 aliphatic carbocycles. The van der Waals surface area contributed by atoms with E-state index in [0.717, 1.165) is 42.4 Å². The predicted molar refractivity (Wildman–Crippen MR) is 143 cm³/mol. The number of pyridine rings is 1. The standard InChI is InChI=1S/C28H23F2N7O3/c29-17-1-4-19(5-2-17)37-28(39)20(9-14-33-37)27(38)34-18-3-6-22(21(30)15-18)40-23-10-13-32-26-24(23)25(35-36-26)16-7-11-31-12-8-16/h1-6,9-10,13-16,31H,7-8,11-12H2,(H,34,38)(H,32,35,36). The van der Waals surface area contributed by atoms with Crippen molar-refractivity contribution in [2.75, 3.05) is 18.4 Å². The van der Waals surface area contributed by atoms with Crippen molar-refractivity contribution >= 4 is 22.6 Å². The van der Waals surface area contributed by atoms with E-state index < -0.39 is 23.1 Å². The van der Waals surface area contributed by atoms with E-state index in [1.54, 1.807) is 12.3 Å². The lowest BCUT2D eigenvalue weighted by molar-refractivity contribution is 0.102. The fourth-order valence-corrected chi connectivity index (χ4v) is 4.75. The first-order chi connectivity index (χ1) is 19.5. The van der Waals surface area contributed by atoms with Gasteiger partial charge >= 0.3 is 0 Å². The van der Waals surface area contributed by atoms with Crippen LogP contribution in [0.1, 0.15) is 34.8 Å². The number of fused-ring (bicyclic) bond motifs is 1. The zero-order valence-corrected chi connectivity index (χ0v) is 21.0. The maximum absolute atomic E-state index is 15.1. The maximum atomic E-state index is 15.1. The number of halogens is 2. The first-order valence-corrected chi connectivity index (χ1v) is 12.6. The minimum atomic E-state index is -0.753. The monoisotopic (exact) mass is 543 g/mol. The van der Waals surface area contributed by atoms with Crippen LogP contribution in [0.3, 0.4) is 0 Å². The first-order valence-electron chi connectivity index (χ1n) is 12.6. The molecule has 3 N–H and O–H groups in total. The van der Waals surface area contributed by atoms with Gasteiger partial charge in [0.1, 0.15) is 17.1 Å². The highest BCUT2D eigenvalue weighted by atomic mass is 19.1. The second kappa shape index (κ2) is 10.7. The molecular weight excluding hydrogens is 520 g/mol. The number of carbonyl (C=O) groups is 1. The number of carbonyl (C=O) groups excluding carboxylic acids is 1. The van der Waals surface area contributed by atoms with Crippen LogP contribution in [-0.4, -0.2) is 44.0 Å². The number of piperidine rings is 1. The molecule has 0 bridgehead atoms. The highest BCUT2D eigenvalue weighted by molar-refractivity contribution is 6.04. The number of nitrogens with one attached hydrogen (secondary N) is 3. The molecule has 12 heteroatoms. The summed E-state index contributed by atoms with van der Waals surface area (Å²) in [4.78, 5) is 30.1. The summed E-state index contributed by atoms with van der Waals surface area (Å²) in [6.07, 6.45) is 4.68. The second-order valence-corrected chi connectivity index (χ2v) is 9.31. The van der Waals surface area contributed by atoms with E-state index in [-0.39, 0.29) is 22.9 Å². The molecule has 4 heterocycles. The van der Waals surface area contributed by atoms with Crippen LogP contribution in [0.2, 0.25) is 0 Å². The fraction of sp³-hybridized carbons (Fsp3) is 0.179. The quantitative estimate of drug-likeness (QED) is 0.292. The van der Waals surface area contributed by atoms with Gasteiger partial charge in [-0.15, -0.1) is 0 Å². The average molecular weight is 544 g/mol. The van der Waals surface area contributed by atoms with Gasteiger partial charge in [0, 0.05) is 30.1 Å². The van der Waals surface area contributed by atoms with Crippen LogP contribution in [-0.2, 0) is 0 Å². The smallest absolute Gasteiger partial charge is 0.284 e. The first kappa shape index (κ1) is 25.3. The predicted octanol–water partition coefficient (Wildman–Crippen LogP) is 4.29. The van der Waals surface area contributed by atoms with E-state index in [4.69, 9.17) is 4.74 Å². The summed E-state index contributed by atoms with van der Waals surface area (Å²) in [6, 6.07) is 12.0. The third-order valence-electron chi connectivity index (χ3n) is 6.75. The van der Waals surface area contributed by atoms with Gasteiger partial charge in [0.2, 0.25) is 0 Å². The molecule has 40 heavy (non-hydrogen) atoms. The van der Waals surface area contributed by atoms with Gasteiger partial charge < -0.3 is 15.4 Å². The molecule has 202 valence electrons. The number of hydrogen-bond donors (Lipinski definition) is 3. The van der Waals surface area contributed by atoms with Gasteiger partial charge in [-0.05, 0) is 74.5 Å². The average Bonchev–Trinajstić information content (AvgIpc) is 3.41. The molecular formula is C28H23F2N7O3. The van der Waals surface area contributed by atoms with Crippen molar-refractivity contribution in [1.82, 2.24) is 30.3 Å². The molecule has 0 spiro atoms. The van der Waals surface area contributed by atoms with E-state index in [1.165, 1.54) is 48.7 Å². The lowest BCUT2D eigenvalue weighted by Crippen LogP contribution is -2.29. The highest BCUT2D eigenvalue weighted by Gasteiger charge is 2.24. The maximum Gasteiger partial charge on any atom is 0.284 e. The number of hydrogen-bond acceptors (Lipinski definition) is 7. The fourth-order valence-electron chi connectivity index (χ4n) is 4.75. The van der Waals surface area contributed by atoms with Crippen molar-refractivity contribution in [3.63, 3.8) is 0 Å². The molecule has 1 fully saturated rings. The van der Waals surface area contributed by atoms with Gasteiger partial charge in [-0.25, -0.2) is 13.8 Å². The van der Waals surface area contributed by atoms with E-state index in [2.05, 4.69) is 30.9 Å². The van der Waals surface area contributed by atoms with Crippen LogP contribution in [0.15, 0.2) is 71.8 Å². The van der Waals surface area contributed by atoms with Crippen molar-refractivity contribution in [2.45, 2.75) is 18.8 Å². The third kappa shape index (κ3) is 4.92. The zero-order chi connectivity index (χ0) is 27.6. The Labute approximate surface area is 226 Å². The van der Waals surface area contributed by atoms with Gasteiger partial charge in [-0.1, -0.05) is 0 Å². The molecule has 5 aromatic rings. The summed E-state index contributed by atoms with van der Waals surface area (Å²) in [5, 5.41) is 17.9. The number of aromatic nitrogens is 5. The zero-order valence-electron chi connectivity index (χ0n) is 21.0. The lowest BCUT2D eigenvalue weighted by Gasteiger charge is -2.21. The van der Waals surface area contributed by atoms with Gasteiger partial charge in [0.05, 0.1) is 16.8 Å². The summed E-state index contributed by atoms with van der Waals surface area (Å²) >= 11 is 0. The summed E-state index contributed by atoms with van der Waals surface area (Å²) in [5.74, 6) is -1.35. The molecule has 0 saturated carbocycles. The second-order valence-electron chi connectivity index (χ2n) is 9.31. The number of anilines is 1. The van der Waals surface area contributed by atoms with Crippen LogP contribution < -0.4 is 20.9 Å². The van der Waals surface area contributed by atoms with E-state index in [1.807, 2.05) is 0 Å². The third-order valence-corrected chi connectivity index (χ3v) is 6.75. The topological polar surface area (TPSA) is 127 Å². The number of ether oxygens (including phenoxy) is 1. The van der Waals surface area contributed by atoms with Crippen molar-refractivity contribution in [2.24, 2.45) is 0 Å². The molecule has 0 atom stereocenters. The summed E-state index contributed by atoms with van der Waals surface area (Å²) in [6.45, 7) is 1.77. The normalized spacial score (nSPS) is 13.8. The molecule has 1 saturated heterocycles. The van der Waals surface area contributed by atoms with Crippen LogP contribution >= 0.6 is 0 Å². The molecule has 1 aliphatic rings. The molecule has 10 nitrogen and oxygen atoms in total. The number of nitrogens with zero attached hydrogens (tertiary/aromatic N) is 4. The van der Waals surface area contributed by atoms with Crippen LogP contribution in [0, 0.1) is 11.6 Å². The van der Waals surface area contributed by atoms with Crippen LogP contribution in [0.25, 0.3) is 16.7 Å². The molecule has 0 radical (unpaired) electrons. The molecule has 6 rings (SSSR count). The van der Waals surface area contributed by atoms with E-state index in [9.17, 15) is 14.0 Å². The number of H-pyrrole nitrogens is 1. The van der Waals surface area contributed by atoms with Gasteiger partial charge in [0.25, 0.3) is 11.5 Å². The number of amides is 1. The van der Waals surface area contributed by atoms with Gasteiger partial charge in [-0.3, -0.25) is 14.7 Å².